The number of benzene rings is 2. The molecule has 9 heteroatoms. The number of thioether (sulfide) groups is 1. The van der Waals surface area contributed by atoms with Gasteiger partial charge in [0.15, 0.2) is 5.16 Å². The average Bonchev–Trinajstić information content (AvgIpc) is 3.12. The van der Waals surface area contributed by atoms with Gasteiger partial charge in [-0.05, 0) is 42.5 Å². The molecule has 2 aromatic carbocycles. The van der Waals surface area contributed by atoms with Crippen molar-refractivity contribution in [2.75, 3.05) is 23.5 Å². The highest BCUT2D eigenvalue weighted by molar-refractivity contribution is 7.99. The molecule has 1 heterocycles. The Morgan fingerprint density at radius 2 is 1.89 bits per heavy atom. The van der Waals surface area contributed by atoms with Gasteiger partial charge in [0.2, 0.25) is 5.91 Å². The number of aryl methyl sites for hydroxylation is 1. The Morgan fingerprint density at radius 3 is 2.57 bits per heavy atom. The first kappa shape index (κ1) is 19.4. The minimum Gasteiger partial charge on any atom is -0.497 e. The summed E-state index contributed by atoms with van der Waals surface area (Å²) >= 11 is 1.28. The third-order valence-corrected chi connectivity index (χ3v) is 4.79. The number of carbonyl (C=O) groups excluding carboxylic acids is 2. The number of carbonyl (C=O) groups is 2. The number of anilines is 2. The van der Waals surface area contributed by atoms with Gasteiger partial charge < -0.3 is 19.9 Å². The van der Waals surface area contributed by atoms with Crippen LogP contribution < -0.4 is 15.4 Å². The smallest absolute Gasteiger partial charge is 0.255 e. The van der Waals surface area contributed by atoms with Crippen LogP contribution in [0.25, 0.3) is 0 Å². The first-order chi connectivity index (χ1) is 13.5. The van der Waals surface area contributed by atoms with Gasteiger partial charge in [-0.1, -0.05) is 17.8 Å². The third-order valence-electron chi connectivity index (χ3n) is 3.76. The van der Waals surface area contributed by atoms with E-state index in [2.05, 4.69) is 20.8 Å². The number of nitrogens with one attached hydrogen (secondary N) is 2. The normalized spacial score (nSPS) is 10.4. The molecule has 0 fully saturated rings. The molecule has 2 N–H and O–H groups in total. The maximum atomic E-state index is 12.4. The van der Waals surface area contributed by atoms with Crippen molar-refractivity contribution in [3.05, 3.63) is 60.4 Å². The summed E-state index contributed by atoms with van der Waals surface area (Å²) in [7, 11) is 3.39. The molecule has 0 aliphatic carbocycles. The predicted molar refractivity (Wildman–Crippen MR) is 108 cm³/mol. The van der Waals surface area contributed by atoms with E-state index in [1.54, 1.807) is 66.5 Å². The molecule has 0 spiro atoms. The molecule has 0 bridgehead atoms. The summed E-state index contributed by atoms with van der Waals surface area (Å²) in [4.78, 5) is 24.6. The summed E-state index contributed by atoms with van der Waals surface area (Å²) in [5.74, 6) is 0.437. The Labute approximate surface area is 166 Å². The molecular formula is C19H19N5O3S. The zero-order valence-corrected chi connectivity index (χ0v) is 16.2. The topological polar surface area (TPSA) is 98.1 Å². The van der Waals surface area contributed by atoms with Gasteiger partial charge in [0.05, 0.1) is 12.9 Å². The number of hydrogen-bond donors (Lipinski definition) is 2. The monoisotopic (exact) mass is 397 g/mol. The summed E-state index contributed by atoms with van der Waals surface area (Å²) in [6.45, 7) is 0. The maximum Gasteiger partial charge on any atom is 0.255 e. The summed E-state index contributed by atoms with van der Waals surface area (Å²) in [6.07, 6.45) is 1.57. The predicted octanol–water partition coefficient (Wildman–Crippen LogP) is 2.81. The fourth-order valence-corrected chi connectivity index (χ4v) is 3.03. The fraction of sp³-hybridized carbons (Fsp3) is 0.158. The largest absolute Gasteiger partial charge is 0.497 e. The molecule has 0 aliphatic heterocycles. The lowest BCUT2D eigenvalue weighted by Crippen LogP contribution is -2.16. The van der Waals surface area contributed by atoms with E-state index in [4.69, 9.17) is 4.74 Å². The minimum absolute atomic E-state index is 0.189. The molecule has 0 atom stereocenters. The lowest BCUT2D eigenvalue weighted by molar-refractivity contribution is -0.113. The molecule has 28 heavy (non-hydrogen) atoms. The van der Waals surface area contributed by atoms with Gasteiger partial charge in [0.1, 0.15) is 12.1 Å². The van der Waals surface area contributed by atoms with Crippen LogP contribution in [0.15, 0.2) is 60.0 Å². The number of nitrogens with zero attached hydrogens (tertiary/aromatic N) is 3. The van der Waals surface area contributed by atoms with Crippen LogP contribution >= 0.6 is 11.8 Å². The molecule has 3 aromatic rings. The van der Waals surface area contributed by atoms with Crippen molar-refractivity contribution in [2.45, 2.75) is 5.16 Å². The van der Waals surface area contributed by atoms with E-state index in [1.807, 2.05) is 7.05 Å². The fourth-order valence-electron chi connectivity index (χ4n) is 2.35. The second-order valence-corrected chi connectivity index (χ2v) is 6.77. The maximum absolute atomic E-state index is 12.4. The highest BCUT2D eigenvalue weighted by Gasteiger charge is 2.10. The summed E-state index contributed by atoms with van der Waals surface area (Å²) in [5, 5.41) is 13.9. The highest BCUT2D eigenvalue weighted by Crippen LogP contribution is 2.18. The van der Waals surface area contributed by atoms with E-state index in [9.17, 15) is 9.59 Å². The quantitative estimate of drug-likeness (QED) is 0.595. The van der Waals surface area contributed by atoms with E-state index in [1.165, 1.54) is 11.8 Å². The standard InChI is InChI=1S/C19H19N5O3S/c1-24-12-20-23-19(24)28-11-17(25)21-15-5-3-4-13(10-15)18(26)22-14-6-8-16(27-2)9-7-14/h3-10,12H,11H2,1-2H3,(H,21,25)(H,22,26). The lowest BCUT2D eigenvalue weighted by atomic mass is 10.2. The number of aromatic nitrogens is 3. The molecule has 144 valence electrons. The van der Waals surface area contributed by atoms with Gasteiger partial charge in [-0.2, -0.15) is 0 Å². The molecule has 3 rings (SSSR count). The van der Waals surface area contributed by atoms with Crippen LogP contribution in [0.1, 0.15) is 10.4 Å². The number of amides is 2. The van der Waals surface area contributed by atoms with Gasteiger partial charge in [0.25, 0.3) is 5.91 Å². The van der Waals surface area contributed by atoms with Crippen LogP contribution in [0, 0.1) is 0 Å². The molecule has 1 aromatic heterocycles. The van der Waals surface area contributed by atoms with Gasteiger partial charge in [-0.25, -0.2) is 0 Å². The molecule has 0 saturated carbocycles. The van der Waals surface area contributed by atoms with Crippen LogP contribution in [0.2, 0.25) is 0 Å². The second kappa shape index (κ2) is 9.05. The lowest BCUT2D eigenvalue weighted by Gasteiger charge is -2.09. The minimum atomic E-state index is -0.269. The van der Waals surface area contributed by atoms with Crippen molar-refractivity contribution in [3.8, 4) is 5.75 Å². The highest BCUT2D eigenvalue weighted by atomic mass is 32.2. The molecule has 0 unspecified atom stereocenters. The van der Waals surface area contributed by atoms with Crippen LogP contribution in [0.5, 0.6) is 5.75 Å². The Morgan fingerprint density at radius 1 is 1.11 bits per heavy atom. The van der Waals surface area contributed by atoms with Gasteiger partial charge in [-0.15, -0.1) is 10.2 Å². The van der Waals surface area contributed by atoms with Crippen molar-refractivity contribution in [1.82, 2.24) is 14.8 Å². The summed E-state index contributed by atoms with van der Waals surface area (Å²) in [5.41, 5.74) is 1.64. The van der Waals surface area contributed by atoms with Crippen LogP contribution in [0.3, 0.4) is 0 Å². The number of hydrogen-bond acceptors (Lipinski definition) is 6. The molecule has 2 amide bonds. The molecule has 8 nitrogen and oxygen atoms in total. The number of rotatable bonds is 7. The van der Waals surface area contributed by atoms with E-state index in [0.717, 1.165) is 0 Å². The molecular weight excluding hydrogens is 378 g/mol. The van der Waals surface area contributed by atoms with Gasteiger partial charge in [0, 0.05) is 24.0 Å². The molecule has 0 radical (unpaired) electrons. The molecule has 0 aliphatic rings. The zero-order chi connectivity index (χ0) is 19.9. The van der Waals surface area contributed by atoms with Crippen LogP contribution in [-0.4, -0.2) is 39.4 Å². The second-order valence-electron chi connectivity index (χ2n) is 5.82. The van der Waals surface area contributed by atoms with E-state index in [-0.39, 0.29) is 17.6 Å². The SMILES string of the molecule is COc1ccc(NC(=O)c2cccc(NC(=O)CSc3nncn3C)c2)cc1. The van der Waals surface area contributed by atoms with Crippen molar-refractivity contribution >= 4 is 35.0 Å². The Bertz CT molecular complexity index is 972. The van der Waals surface area contributed by atoms with E-state index >= 15 is 0 Å². The number of ether oxygens (including phenoxy) is 1. The Kier molecular flexibility index (Phi) is 6.28. The van der Waals surface area contributed by atoms with E-state index < -0.39 is 0 Å². The summed E-state index contributed by atoms with van der Waals surface area (Å²) < 4.78 is 6.84. The van der Waals surface area contributed by atoms with Crippen LogP contribution in [-0.2, 0) is 11.8 Å². The number of methoxy groups -OCH3 is 1. The Hall–Kier alpha value is -3.33. The van der Waals surface area contributed by atoms with E-state index in [0.29, 0.717) is 27.8 Å². The average molecular weight is 397 g/mol. The van der Waals surface area contributed by atoms with Crippen molar-refractivity contribution in [2.24, 2.45) is 7.05 Å². The van der Waals surface area contributed by atoms with Gasteiger partial charge >= 0.3 is 0 Å². The van der Waals surface area contributed by atoms with Crippen molar-refractivity contribution in [1.29, 1.82) is 0 Å². The Balaban J connectivity index is 1.58. The zero-order valence-electron chi connectivity index (χ0n) is 15.4. The third kappa shape index (κ3) is 5.10. The van der Waals surface area contributed by atoms with Crippen LogP contribution in [0.4, 0.5) is 11.4 Å². The van der Waals surface area contributed by atoms with Crippen molar-refractivity contribution in [3.63, 3.8) is 0 Å². The molecule has 0 saturated heterocycles. The van der Waals surface area contributed by atoms with Gasteiger partial charge in [-0.3, -0.25) is 9.59 Å². The summed E-state index contributed by atoms with van der Waals surface area (Å²) in [6, 6.07) is 13.8. The first-order valence-electron chi connectivity index (χ1n) is 8.37. The van der Waals surface area contributed by atoms with Crippen molar-refractivity contribution < 1.29 is 14.3 Å². The first-order valence-corrected chi connectivity index (χ1v) is 9.36.